The van der Waals surface area contributed by atoms with Crippen LogP contribution >= 0.6 is 23.2 Å². The summed E-state index contributed by atoms with van der Waals surface area (Å²) < 4.78 is 63.7. The average Bonchev–Trinajstić information content (AvgIpc) is 3.96. The Morgan fingerprint density at radius 1 is 0.909 bits per heavy atom. The highest BCUT2D eigenvalue weighted by Gasteiger charge is 2.50. The number of aryl methyl sites for hydroxylation is 1. The van der Waals surface area contributed by atoms with E-state index in [1.807, 2.05) is 18.2 Å². The fourth-order valence-corrected chi connectivity index (χ4v) is 7.15. The van der Waals surface area contributed by atoms with Crippen molar-refractivity contribution in [3.8, 4) is 11.5 Å². The smallest absolute Gasteiger partial charge is 0.410 e. The summed E-state index contributed by atoms with van der Waals surface area (Å²) in [5.74, 6) is -3.68. The molecule has 3 aliphatic rings. The second-order valence-corrected chi connectivity index (χ2v) is 14.0. The van der Waals surface area contributed by atoms with Crippen LogP contribution in [0.3, 0.4) is 0 Å². The molecule has 2 atom stereocenters. The Hall–Kier alpha value is -4.73. The van der Waals surface area contributed by atoms with E-state index in [-0.39, 0.29) is 64.0 Å². The molecule has 2 fully saturated rings. The maximum atomic E-state index is 14.7. The summed E-state index contributed by atoms with van der Waals surface area (Å²) in [7, 11) is 0. The third-order valence-electron chi connectivity index (χ3n) is 9.52. The normalized spacial score (nSPS) is 17.6. The highest BCUT2D eigenvalue weighted by Crippen LogP contribution is 2.43. The first-order valence-corrected chi connectivity index (χ1v) is 18.6. The zero-order valence-corrected chi connectivity index (χ0v) is 31.0. The fraction of sp³-hybridized carbons (Fsp3) is 0.421. The number of ether oxygens (including phenoxy) is 4. The minimum absolute atomic E-state index is 0.00500. The molecule has 55 heavy (non-hydrogen) atoms. The van der Waals surface area contributed by atoms with Crippen LogP contribution in [-0.4, -0.2) is 78.0 Å². The average molecular weight is 809 g/mol. The third kappa shape index (κ3) is 9.93. The van der Waals surface area contributed by atoms with Gasteiger partial charge >= 0.3 is 6.09 Å². The SMILES string of the molecule is O=C(C1=C(Oc2ccc(CCCOc3c(F)ccc(F)c3F)cc2)CC2CCC1N2C(=O)OCCOCCO[N+](=O)[O-])N(Cc1cccc(Cl)c1Cl)C1CC1. The molecule has 1 saturated carbocycles. The minimum atomic E-state index is -1.37. The first-order chi connectivity index (χ1) is 26.5. The lowest BCUT2D eigenvalue weighted by Crippen LogP contribution is -2.50. The van der Waals surface area contributed by atoms with Crippen LogP contribution in [0.25, 0.3) is 0 Å². The second-order valence-electron chi connectivity index (χ2n) is 13.2. The van der Waals surface area contributed by atoms with Crippen LogP contribution in [0.2, 0.25) is 10.0 Å². The number of carbonyl (C=O) groups is 2. The van der Waals surface area contributed by atoms with E-state index >= 15 is 0 Å². The highest BCUT2D eigenvalue weighted by molar-refractivity contribution is 6.42. The van der Waals surface area contributed by atoms with Crippen LogP contribution in [0.15, 0.2) is 65.9 Å². The third-order valence-corrected chi connectivity index (χ3v) is 10.4. The van der Waals surface area contributed by atoms with Gasteiger partial charge in [0.25, 0.3) is 11.0 Å². The van der Waals surface area contributed by atoms with Crippen LogP contribution in [0.5, 0.6) is 11.5 Å². The summed E-state index contributed by atoms with van der Waals surface area (Å²) in [6.45, 7) is -0.267. The Morgan fingerprint density at radius 3 is 2.40 bits per heavy atom. The molecule has 2 aliphatic heterocycles. The molecule has 2 heterocycles. The van der Waals surface area contributed by atoms with Crippen LogP contribution in [0.1, 0.15) is 49.7 Å². The number of hydrogen-bond donors (Lipinski definition) is 0. The van der Waals surface area contributed by atoms with Crippen LogP contribution < -0.4 is 9.47 Å². The van der Waals surface area contributed by atoms with Gasteiger partial charge in [-0.2, -0.15) is 4.39 Å². The van der Waals surface area contributed by atoms with E-state index in [4.69, 9.17) is 42.1 Å². The van der Waals surface area contributed by atoms with Crippen LogP contribution in [0.4, 0.5) is 18.0 Å². The summed E-state index contributed by atoms with van der Waals surface area (Å²) >= 11 is 12.9. The lowest BCUT2D eigenvalue weighted by molar-refractivity contribution is -0.758. The molecule has 3 aromatic rings. The van der Waals surface area contributed by atoms with Gasteiger partial charge in [-0.1, -0.05) is 47.5 Å². The Kier molecular flexibility index (Phi) is 13.3. The van der Waals surface area contributed by atoms with Crippen molar-refractivity contribution in [2.75, 3.05) is 33.0 Å². The van der Waals surface area contributed by atoms with Gasteiger partial charge in [0.15, 0.2) is 17.4 Å². The van der Waals surface area contributed by atoms with Crippen molar-refractivity contribution < 1.29 is 51.6 Å². The molecule has 1 saturated heterocycles. The number of nitrogens with zero attached hydrogens (tertiary/aromatic N) is 3. The number of amides is 2. The molecule has 0 aromatic heterocycles. The molecule has 2 amide bonds. The number of carbonyl (C=O) groups excluding carboxylic acids is 2. The molecule has 6 rings (SSSR count). The van der Waals surface area contributed by atoms with Crippen molar-refractivity contribution in [2.24, 2.45) is 0 Å². The lowest BCUT2D eigenvalue weighted by atomic mass is 9.97. The zero-order chi connectivity index (χ0) is 39.1. The highest BCUT2D eigenvalue weighted by atomic mass is 35.5. The van der Waals surface area contributed by atoms with Crippen molar-refractivity contribution in [1.82, 2.24) is 9.80 Å². The van der Waals surface area contributed by atoms with Gasteiger partial charge < -0.3 is 28.7 Å². The Balaban J connectivity index is 1.17. The van der Waals surface area contributed by atoms with E-state index in [2.05, 4.69) is 4.84 Å². The number of rotatable bonds is 18. The Labute approximate surface area is 324 Å². The first kappa shape index (κ1) is 39.9. The monoisotopic (exact) mass is 807 g/mol. The zero-order valence-electron chi connectivity index (χ0n) is 29.5. The maximum absolute atomic E-state index is 14.7. The van der Waals surface area contributed by atoms with Gasteiger partial charge in [-0.3, -0.25) is 9.69 Å². The molecule has 294 valence electrons. The van der Waals surface area contributed by atoms with Crippen molar-refractivity contribution in [2.45, 2.75) is 69.6 Å². The molecule has 2 unspecified atom stereocenters. The largest absolute Gasteiger partial charge is 0.488 e. The molecule has 0 radical (unpaired) electrons. The number of fused-ring (bicyclic) bond motifs is 2. The van der Waals surface area contributed by atoms with E-state index in [1.54, 1.807) is 34.1 Å². The Bertz CT molecular complexity index is 1920. The lowest BCUT2D eigenvalue weighted by Gasteiger charge is -2.38. The molecule has 1 aliphatic carbocycles. The number of hydrogen-bond acceptors (Lipinski definition) is 9. The quantitative estimate of drug-likeness (QED) is 0.0546. The van der Waals surface area contributed by atoms with Crippen molar-refractivity contribution in [3.05, 3.63) is 115 Å². The van der Waals surface area contributed by atoms with Gasteiger partial charge in [0.2, 0.25) is 5.82 Å². The van der Waals surface area contributed by atoms with E-state index in [0.717, 1.165) is 24.5 Å². The molecule has 2 bridgehead atoms. The predicted molar refractivity (Wildman–Crippen MR) is 193 cm³/mol. The van der Waals surface area contributed by atoms with Crippen LogP contribution in [0, 0.1) is 27.6 Å². The summed E-state index contributed by atoms with van der Waals surface area (Å²) in [5.41, 5.74) is 1.92. The van der Waals surface area contributed by atoms with Crippen LogP contribution in [-0.2, 0) is 32.1 Å². The minimum Gasteiger partial charge on any atom is -0.488 e. The first-order valence-electron chi connectivity index (χ1n) is 17.8. The van der Waals surface area contributed by atoms with Gasteiger partial charge in [0.1, 0.15) is 24.7 Å². The molecular weight excluding hydrogens is 770 g/mol. The summed E-state index contributed by atoms with van der Waals surface area (Å²) in [6.07, 6.45) is 3.24. The summed E-state index contributed by atoms with van der Waals surface area (Å²) in [5, 5.41) is 10.1. The van der Waals surface area contributed by atoms with E-state index in [9.17, 15) is 32.9 Å². The molecule has 3 aromatic carbocycles. The molecule has 0 N–H and O–H groups in total. The van der Waals surface area contributed by atoms with Gasteiger partial charge in [-0.25, -0.2) is 13.6 Å². The summed E-state index contributed by atoms with van der Waals surface area (Å²) in [4.78, 5) is 46.0. The van der Waals surface area contributed by atoms with Gasteiger partial charge in [0.05, 0.1) is 41.5 Å². The molecule has 0 spiro atoms. The van der Waals surface area contributed by atoms with Crippen molar-refractivity contribution >= 4 is 35.2 Å². The fourth-order valence-electron chi connectivity index (χ4n) is 6.77. The van der Waals surface area contributed by atoms with Gasteiger partial charge in [-0.05, 0) is 80.0 Å². The van der Waals surface area contributed by atoms with Gasteiger partial charge in [0, 0.05) is 25.0 Å². The molecule has 12 nitrogen and oxygen atoms in total. The molecule has 17 heteroatoms. The maximum Gasteiger partial charge on any atom is 0.410 e. The van der Waals surface area contributed by atoms with E-state index in [0.29, 0.717) is 64.4 Å². The number of halogens is 5. The summed E-state index contributed by atoms with van der Waals surface area (Å²) in [6, 6.07) is 12.9. The number of benzene rings is 3. The van der Waals surface area contributed by atoms with Crippen molar-refractivity contribution in [1.29, 1.82) is 0 Å². The van der Waals surface area contributed by atoms with E-state index in [1.165, 1.54) is 0 Å². The topological polar surface area (TPSA) is 130 Å². The predicted octanol–water partition coefficient (Wildman–Crippen LogP) is 7.84. The van der Waals surface area contributed by atoms with E-state index < -0.39 is 40.4 Å². The van der Waals surface area contributed by atoms with Crippen molar-refractivity contribution in [3.63, 3.8) is 0 Å². The standard InChI is InChI=1S/C38H38Cl2F3N3O9/c39-28-5-1-4-24(34(28)40)22-44(25-8-9-25)37(47)33-31-15-10-26(45(31)38(48)53-19-17-51-18-20-54-46(49)50)21-32(33)55-27-11-6-23(7-12-27)3-2-16-52-36-30(42)14-13-29(41)35(36)43/h1,4-7,11-14,25-26,31H,2-3,8-10,15-22H2. The van der Waals surface area contributed by atoms with Gasteiger partial charge in [-0.15, -0.1) is 10.1 Å². The molecular formula is C38H38Cl2F3N3O9. The second kappa shape index (κ2) is 18.3. The Morgan fingerprint density at radius 2 is 1.65 bits per heavy atom.